The third kappa shape index (κ3) is 4.00. The Hall–Kier alpha value is -1.47. The van der Waals surface area contributed by atoms with E-state index in [4.69, 9.17) is 15.2 Å². The molecular formula is C12H16F3NO3. The molecule has 0 heterocycles. The van der Waals surface area contributed by atoms with Crippen molar-refractivity contribution in [2.45, 2.75) is 24.7 Å². The fraction of sp³-hybridized carbons (Fsp3) is 0.500. The topological polar surface area (TPSA) is 64.7 Å². The van der Waals surface area contributed by atoms with Gasteiger partial charge in [0.15, 0.2) is 0 Å². The molecule has 0 radical (unpaired) electrons. The van der Waals surface area contributed by atoms with Gasteiger partial charge < -0.3 is 20.3 Å². The van der Waals surface area contributed by atoms with Crippen LogP contribution in [0.25, 0.3) is 0 Å². The minimum atomic E-state index is -4.54. The molecule has 0 saturated carbocycles. The van der Waals surface area contributed by atoms with Crippen LogP contribution < -0.4 is 15.2 Å². The molecule has 0 aromatic heterocycles. The average Bonchev–Trinajstić information content (AvgIpc) is 2.36. The number of ether oxygens (including phenoxy) is 2. The van der Waals surface area contributed by atoms with Crippen LogP contribution in [0, 0.1) is 0 Å². The Morgan fingerprint density at radius 3 is 2.37 bits per heavy atom. The maximum atomic E-state index is 12.3. The van der Waals surface area contributed by atoms with Crippen LogP contribution in [0.4, 0.5) is 13.2 Å². The molecule has 1 rings (SSSR count). The van der Waals surface area contributed by atoms with Crippen LogP contribution in [0.2, 0.25) is 0 Å². The zero-order valence-corrected chi connectivity index (χ0v) is 10.6. The first-order valence-corrected chi connectivity index (χ1v) is 5.52. The molecule has 0 spiro atoms. The Labute approximate surface area is 108 Å². The zero-order chi connectivity index (χ0) is 14.6. The van der Waals surface area contributed by atoms with Gasteiger partial charge in [-0.1, -0.05) is 0 Å². The van der Waals surface area contributed by atoms with E-state index in [0.717, 1.165) is 0 Å². The van der Waals surface area contributed by atoms with Crippen molar-refractivity contribution in [1.29, 1.82) is 0 Å². The van der Waals surface area contributed by atoms with E-state index in [2.05, 4.69) is 0 Å². The summed E-state index contributed by atoms with van der Waals surface area (Å²) in [6.45, 7) is 0. The summed E-state index contributed by atoms with van der Waals surface area (Å²) in [5.41, 5.74) is 5.22. The van der Waals surface area contributed by atoms with Crippen molar-refractivity contribution >= 4 is 0 Å². The second-order valence-electron chi connectivity index (χ2n) is 4.01. The fourth-order valence-electron chi connectivity index (χ4n) is 1.59. The van der Waals surface area contributed by atoms with Gasteiger partial charge in [-0.15, -0.1) is 0 Å². The molecule has 7 heteroatoms. The van der Waals surface area contributed by atoms with Crippen molar-refractivity contribution in [3.63, 3.8) is 0 Å². The average molecular weight is 279 g/mol. The molecule has 4 nitrogen and oxygen atoms in total. The lowest BCUT2D eigenvalue weighted by Crippen LogP contribution is -2.38. The molecule has 2 atom stereocenters. The van der Waals surface area contributed by atoms with Gasteiger partial charge in [-0.2, -0.15) is 13.2 Å². The van der Waals surface area contributed by atoms with Crippen molar-refractivity contribution < 1.29 is 27.8 Å². The van der Waals surface area contributed by atoms with Gasteiger partial charge in [0.25, 0.3) is 0 Å². The molecule has 0 bridgehead atoms. The molecule has 1 aromatic rings. The molecule has 3 N–H and O–H groups in total. The monoisotopic (exact) mass is 279 g/mol. The highest BCUT2D eigenvalue weighted by Crippen LogP contribution is 2.33. The smallest absolute Gasteiger partial charge is 0.403 e. The number of hydrogen-bond donors (Lipinski definition) is 2. The molecule has 1 aromatic carbocycles. The van der Waals surface area contributed by atoms with E-state index >= 15 is 0 Å². The lowest BCUT2D eigenvalue weighted by atomic mass is 10.0. The first-order chi connectivity index (χ1) is 8.79. The van der Waals surface area contributed by atoms with Gasteiger partial charge in [0.2, 0.25) is 0 Å². The van der Waals surface area contributed by atoms with E-state index in [9.17, 15) is 18.3 Å². The molecular weight excluding hydrogens is 263 g/mol. The summed E-state index contributed by atoms with van der Waals surface area (Å²) >= 11 is 0. The number of rotatable bonds is 5. The third-order valence-electron chi connectivity index (χ3n) is 2.70. The maximum absolute atomic E-state index is 12.3. The van der Waals surface area contributed by atoms with E-state index < -0.39 is 24.7 Å². The predicted molar refractivity (Wildman–Crippen MR) is 63.2 cm³/mol. The first-order valence-electron chi connectivity index (χ1n) is 5.52. The van der Waals surface area contributed by atoms with Gasteiger partial charge in [0.1, 0.15) is 17.5 Å². The molecule has 108 valence electrons. The Bertz CT molecular complexity index is 423. The molecule has 0 aliphatic rings. The van der Waals surface area contributed by atoms with Crippen LogP contribution >= 0.6 is 0 Å². The Kier molecular flexibility index (Phi) is 5.02. The minimum absolute atomic E-state index is 0.239. The lowest BCUT2D eigenvalue weighted by molar-refractivity contribution is -0.153. The zero-order valence-electron chi connectivity index (χ0n) is 10.6. The largest absolute Gasteiger partial charge is 0.497 e. The van der Waals surface area contributed by atoms with Crippen LogP contribution in [0.3, 0.4) is 0 Å². The minimum Gasteiger partial charge on any atom is -0.497 e. The summed E-state index contributed by atoms with van der Waals surface area (Å²) in [5, 5.41) is 9.83. The fourth-order valence-corrected chi connectivity index (χ4v) is 1.59. The van der Waals surface area contributed by atoms with Crippen molar-refractivity contribution in [3.8, 4) is 11.5 Å². The molecule has 0 saturated heterocycles. The van der Waals surface area contributed by atoms with Gasteiger partial charge in [-0.05, 0) is 12.1 Å². The van der Waals surface area contributed by atoms with E-state index in [-0.39, 0.29) is 11.3 Å². The van der Waals surface area contributed by atoms with Crippen molar-refractivity contribution in [1.82, 2.24) is 0 Å². The number of benzene rings is 1. The molecule has 0 fully saturated rings. The lowest BCUT2D eigenvalue weighted by Gasteiger charge is -2.21. The number of halogens is 3. The van der Waals surface area contributed by atoms with Crippen molar-refractivity contribution in [2.24, 2.45) is 5.73 Å². The van der Waals surface area contributed by atoms with Gasteiger partial charge in [-0.25, -0.2) is 0 Å². The Morgan fingerprint density at radius 2 is 1.89 bits per heavy atom. The number of aliphatic hydroxyl groups excluding tert-OH is 1. The molecule has 0 unspecified atom stereocenters. The highest BCUT2D eigenvalue weighted by molar-refractivity contribution is 5.42. The van der Waals surface area contributed by atoms with Gasteiger partial charge in [-0.3, -0.25) is 0 Å². The van der Waals surface area contributed by atoms with Gasteiger partial charge in [0.05, 0.1) is 20.3 Å². The van der Waals surface area contributed by atoms with Crippen LogP contribution in [0.15, 0.2) is 18.2 Å². The van der Waals surface area contributed by atoms with E-state index in [0.29, 0.717) is 5.75 Å². The number of alkyl halides is 3. The highest BCUT2D eigenvalue weighted by atomic mass is 19.4. The first kappa shape index (κ1) is 15.6. The standard InChI is InChI=1S/C12H16F3NO3/c1-18-7-3-4-8(10(5-7)19-2)9(17)6-11(16)12(13,14)15/h3-5,9,11,17H,6,16H2,1-2H3/t9-,11+/m1/s1. The van der Waals surface area contributed by atoms with Gasteiger partial charge >= 0.3 is 6.18 Å². The highest BCUT2D eigenvalue weighted by Gasteiger charge is 2.38. The van der Waals surface area contributed by atoms with Gasteiger partial charge in [0, 0.05) is 18.1 Å². The van der Waals surface area contributed by atoms with Crippen LogP contribution in [0.1, 0.15) is 18.1 Å². The van der Waals surface area contributed by atoms with Crippen molar-refractivity contribution in [3.05, 3.63) is 23.8 Å². The number of aliphatic hydroxyl groups is 1. The number of methoxy groups -OCH3 is 2. The van der Waals surface area contributed by atoms with E-state index in [1.807, 2.05) is 0 Å². The summed E-state index contributed by atoms with van der Waals surface area (Å²) in [4.78, 5) is 0. The van der Waals surface area contributed by atoms with Crippen LogP contribution in [-0.2, 0) is 0 Å². The predicted octanol–water partition coefficient (Wildman–Crippen LogP) is 2.02. The Morgan fingerprint density at radius 1 is 1.26 bits per heavy atom. The maximum Gasteiger partial charge on any atom is 0.403 e. The normalized spacial score (nSPS) is 14.9. The van der Waals surface area contributed by atoms with E-state index in [1.165, 1.54) is 32.4 Å². The summed E-state index contributed by atoms with van der Waals surface area (Å²) in [6.07, 6.45) is -6.54. The van der Waals surface area contributed by atoms with E-state index in [1.54, 1.807) is 0 Å². The summed E-state index contributed by atoms with van der Waals surface area (Å²) in [5.74, 6) is 0.731. The molecule has 0 amide bonds. The number of hydrogen-bond acceptors (Lipinski definition) is 4. The SMILES string of the molecule is COc1ccc([C@H](O)C[C@H](N)C(F)(F)F)c(OC)c1. The molecule has 19 heavy (non-hydrogen) atoms. The molecule has 0 aliphatic carbocycles. The number of nitrogens with two attached hydrogens (primary N) is 1. The summed E-state index contributed by atoms with van der Waals surface area (Å²) in [7, 11) is 2.80. The summed E-state index contributed by atoms with van der Waals surface area (Å²) < 4.78 is 47.0. The quantitative estimate of drug-likeness (QED) is 0.865. The van der Waals surface area contributed by atoms with Crippen LogP contribution in [-0.4, -0.2) is 31.5 Å². The third-order valence-corrected chi connectivity index (χ3v) is 2.70. The second kappa shape index (κ2) is 6.12. The summed E-state index contributed by atoms with van der Waals surface area (Å²) in [6, 6.07) is 2.37. The Balaban J connectivity index is 2.90. The van der Waals surface area contributed by atoms with Crippen LogP contribution in [0.5, 0.6) is 11.5 Å². The second-order valence-corrected chi connectivity index (χ2v) is 4.01. The van der Waals surface area contributed by atoms with Crippen molar-refractivity contribution in [2.75, 3.05) is 14.2 Å². The molecule has 0 aliphatic heterocycles.